The van der Waals surface area contributed by atoms with E-state index < -0.39 is 5.41 Å². The normalized spacial score (nSPS) is 21.8. The fourth-order valence-corrected chi connectivity index (χ4v) is 5.49. The first-order valence-electron chi connectivity index (χ1n) is 11.6. The minimum Gasteiger partial charge on any atom is -0.493 e. The molecule has 0 saturated carbocycles. The van der Waals surface area contributed by atoms with E-state index in [4.69, 9.17) is 16.3 Å². The highest BCUT2D eigenvalue weighted by molar-refractivity contribution is 7.10. The standard InChI is InChI=1S/C25H32ClN3O3S/c1-27-11-13-28(14-12-27)24(31)17-25(19-32-21-7-5-20(26)6-8-21)9-3-10-29(18-25)23(30)16-22-4-2-15-33-22/h2,4-8,15H,3,9-14,16-19H2,1H3/t25-/m0/s1. The number of likely N-dealkylation sites (N-methyl/N-ethyl adjacent to an activating group) is 1. The summed E-state index contributed by atoms with van der Waals surface area (Å²) in [6.45, 7) is 4.97. The van der Waals surface area contributed by atoms with Gasteiger partial charge in [0.15, 0.2) is 0 Å². The van der Waals surface area contributed by atoms with Gasteiger partial charge in [0.1, 0.15) is 5.75 Å². The molecule has 1 atom stereocenters. The number of thiophene rings is 1. The summed E-state index contributed by atoms with van der Waals surface area (Å²) in [5.41, 5.74) is -0.399. The van der Waals surface area contributed by atoms with Crippen LogP contribution in [-0.2, 0) is 16.0 Å². The van der Waals surface area contributed by atoms with E-state index in [0.29, 0.717) is 31.0 Å². The van der Waals surface area contributed by atoms with Crippen LogP contribution in [0.5, 0.6) is 5.75 Å². The zero-order valence-corrected chi connectivity index (χ0v) is 20.7. The van der Waals surface area contributed by atoms with Crippen LogP contribution in [0, 0.1) is 5.41 Å². The van der Waals surface area contributed by atoms with Crippen LogP contribution in [0.15, 0.2) is 41.8 Å². The molecule has 6 nitrogen and oxygen atoms in total. The molecule has 0 aliphatic carbocycles. The van der Waals surface area contributed by atoms with Crippen molar-refractivity contribution < 1.29 is 14.3 Å². The van der Waals surface area contributed by atoms with Crippen molar-refractivity contribution in [1.82, 2.24) is 14.7 Å². The second kappa shape index (κ2) is 10.9. The zero-order valence-electron chi connectivity index (χ0n) is 19.2. The molecule has 1 aromatic carbocycles. The quantitative estimate of drug-likeness (QED) is 0.593. The number of carbonyl (C=O) groups is 2. The van der Waals surface area contributed by atoms with E-state index in [9.17, 15) is 9.59 Å². The highest BCUT2D eigenvalue weighted by atomic mass is 35.5. The number of ether oxygens (including phenoxy) is 1. The zero-order chi connectivity index (χ0) is 23.3. The third-order valence-corrected chi connectivity index (χ3v) is 7.79. The molecule has 178 valence electrons. The predicted octanol–water partition coefficient (Wildman–Crippen LogP) is 3.80. The number of amides is 2. The summed E-state index contributed by atoms with van der Waals surface area (Å²) in [6, 6.07) is 11.3. The summed E-state index contributed by atoms with van der Waals surface area (Å²) < 4.78 is 6.17. The van der Waals surface area contributed by atoms with E-state index in [-0.39, 0.29) is 11.8 Å². The van der Waals surface area contributed by atoms with Crippen LogP contribution >= 0.6 is 22.9 Å². The van der Waals surface area contributed by atoms with Crippen molar-refractivity contribution in [3.05, 3.63) is 51.7 Å². The monoisotopic (exact) mass is 489 g/mol. The average Bonchev–Trinajstić information content (AvgIpc) is 3.32. The largest absolute Gasteiger partial charge is 0.493 e. The number of nitrogens with zero attached hydrogens (tertiary/aromatic N) is 3. The minimum atomic E-state index is -0.399. The van der Waals surface area contributed by atoms with Gasteiger partial charge in [-0.3, -0.25) is 9.59 Å². The van der Waals surface area contributed by atoms with Crippen molar-refractivity contribution >= 4 is 34.8 Å². The van der Waals surface area contributed by atoms with Crippen molar-refractivity contribution in [2.24, 2.45) is 5.41 Å². The summed E-state index contributed by atoms with van der Waals surface area (Å²) in [5, 5.41) is 2.66. The van der Waals surface area contributed by atoms with Gasteiger partial charge < -0.3 is 19.4 Å². The Morgan fingerprint density at radius 1 is 1.03 bits per heavy atom. The van der Waals surface area contributed by atoms with Crippen molar-refractivity contribution in [2.75, 3.05) is 52.9 Å². The molecule has 3 heterocycles. The van der Waals surface area contributed by atoms with Gasteiger partial charge in [0.25, 0.3) is 0 Å². The molecule has 0 unspecified atom stereocenters. The SMILES string of the molecule is CN1CCN(C(=O)C[C@@]2(COc3ccc(Cl)cc3)CCCN(C(=O)Cc3cccs3)C2)CC1. The van der Waals surface area contributed by atoms with Crippen LogP contribution in [-0.4, -0.2) is 79.4 Å². The summed E-state index contributed by atoms with van der Waals surface area (Å²) in [7, 11) is 2.08. The van der Waals surface area contributed by atoms with Crippen LogP contribution in [0.3, 0.4) is 0 Å². The van der Waals surface area contributed by atoms with Gasteiger partial charge in [-0.25, -0.2) is 0 Å². The van der Waals surface area contributed by atoms with Crippen molar-refractivity contribution in [2.45, 2.75) is 25.7 Å². The van der Waals surface area contributed by atoms with Crippen molar-refractivity contribution in [3.8, 4) is 5.75 Å². The molecular formula is C25H32ClN3O3S. The Labute approximate surface area is 205 Å². The molecule has 2 saturated heterocycles. The maximum Gasteiger partial charge on any atom is 0.227 e. The number of piperazine rings is 1. The van der Waals surface area contributed by atoms with Crippen molar-refractivity contribution in [3.63, 3.8) is 0 Å². The van der Waals surface area contributed by atoms with Gasteiger partial charge in [0.2, 0.25) is 11.8 Å². The lowest BCUT2D eigenvalue weighted by Gasteiger charge is -2.43. The maximum atomic E-state index is 13.3. The van der Waals surface area contributed by atoms with E-state index >= 15 is 0 Å². The number of carbonyl (C=O) groups excluding carboxylic acids is 2. The Hall–Kier alpha value is -2.09. The molecule has 2 aliphatic heterocycles. The molecular weight excluding hydrogens is 458 g/mol. The van der Waals surface area contributed by atoms with Crippen LogP contribution in [0.4, 0.5) is 0 Å². The number of halogens is 1. The van der Waals surface area contributed by atoms with Gasteiger partial charge in [0, 0.05) is 61.0 Å². The molecule has 2 aromatic rings. The Kier molecular flexibility index (Phi) is 7.94. The Bertz CT molecular complexity index is 929. The Morgan fingerprint density at radius 2 is 1.79 bits per heavy atom. The third-order valence-electron chi connectivity index (χ3n) is 6.66. The summed E-state index contributed by atoms with van der Waals surface area (Å²) >= 11 is 7.62. The number of piperidine rings is 1. The summed E-state index contributed by atoms with van der Waals surface area (Å²) in [6.07, 6.45) is 2.55. The number of benzene rings is 1. The Balaban J connectivity index is 1.47. The smallest absolute Gasteiger partial charge is 0.227 e. The summed E-state index contributed by atoms with van der Waals surface area (Å²) in [4.78, 5) is 33.6. The molecule has 0 radical (unpaired) electrons. The van der Waals surface area contributed by atoms with E-state index in [0.717, 1.165) is 56.2 Å². The molecule has 4 rings (SSSR count). The van der Waals surface area contributed by atoms with Crippen LogP contribution in [0.25, 0.3) is 0 Å². The van der Waals surface area contributed by atoms with E-state index in [2.05, 4.69) is 11.9 Å². The topological polar surface area (TPSA) is 53.1 Å². The van der Waals surface area contributed by atoms with Gasteiger partial charge >= 0.3 is 0 Å². The lowest BCUT2D eigenvalue weighted by atomic mass is 9.77. The summed E-state index contributed by atoms with van der Waals surface area (Å²) in [5.74, 6) is 1.02. The molecule has 0 N–H and O–H groups in total. The first-order chi connectivity index (χ1) is 15.9. The number of hydrogen-bond acceptors (Lipinski definition) is 5. The number of hydrogen-bond donors (Lipinski definition) is 0. The van der Waals surface area contributed by atoms with Crippen LogP contribution in [0.1, 0.15) is 24.1 Å². The van der Waals surface area contributed by atoms with E-state index in [1.165, 1.54) is 0 Å². The molecule has 2 aliphatic rings. The first kappa shape index (κ1) is 24.0. The van der Waals surface area contributed by atoms with Gasteiger partial charge in [-0.15, -0.1) is 11.3 Å². The third kappa shape index (κ3) is 6.49. The van der Waals surface area contributed by atoms with Gasteiger partial charge in [-0.1, -0.05) is 17.7 Å². The average molecular weight is 490 g/mol. The van der Waals surface area contributed by atoms with E-state index in [1.54, 1.807) is 23.5 Å². The fraction of sp³-hybridized carbons (Fsp3) is 0.520. The van der Waals surface area contributed by atoms with Gasteiger partial charge in [-0.05, 0) is 55.6 Å². The molecule has 0 bridgehead atoms. The van der Waals surface area contributed by atoms with Gasteiger partial charge in [-0.2, -0.15) is 0 Å². The maximum absolute atomic E-state index is 13.3. The van der Waals surface area contributed by atoms with Gasteiger partial charge in [0.05, 0.1) is 13.0 Å². The molecule has 0 spiro atoms. The molecule has 2 fully saturated rings. The number of likely N-dealkylation sites (tertiary alicyclic amines) is 1. The van der Waals surface area contributed by atoms with Crippen LogP contribution in [0.2, 0.25) is 5.02 Å². The molecule has 2 amide bonds. The fourth-order valence-electron chi connectivity index (χ4n) is 4.66. The second-order valence-corrected chi connectivity index (χ2v) is 10.7. The molecule has 33 heavy (non-hydrogen) atoms. The highest BCUT2D eigenvalue weighted by Crippen LogP contribution is 2.36. The lowest BCUT2D eigenvalue weighted by Crippen LogP contribution is -2.53. The molecule has 8 heteroatoms. The second-order valence-electron chi connectivity index (χ2n) is 9.28. The molecule has 1 aromatic heterocycles. The Morgan fingerprint density at radius 3 is 2.48 bits per heavy atom. The predicted molar refractivity (Wildman–Crippen MR) is 132 cm³/mol. The van der Waals surface area contributed by atoms with Crippen LogP contribution < -0.4 is 4.74 Å². The first-order valence-corrected chi connectivity index (χ1v) is 12.8. The van der Waals surface area contributed by atoms with E-state index in [1.807, 2.05) is 39.4 Å². The highest BCUT2D eigenvalue weighted by Gasteiger charge is 2.41. The van der Waals surface area contributed by atoms with Crippen molar-refractivity contribution in [1.29, 1.82) is 0 Å². The lowest BCUT2D eigenvalue weighted by molar-refractivity contribution is -0.142. The minimum absolute atomic E-state index is 0.125. The number of rotatable bonds is 7.